The van der Waals surface area contributed by atoms with Crippen molar-refractivity contribution in [3.63, 3.8) is 0 Å². The Morgan fingerprint density at radius 3 is 2.24 bits per heavy atom. The van der Waals surface area contributed by atoms with Gasteiger partial charge in [-0.1, -0.05) is 25.0 Å². The Morgan fingerprint density at radius 2 is 1.62 bits per heavy atom. The molecule has 1 saturated carbocycles. The zero-order chi connectivity index (χ0) is 24.3. The van der Waals surface area contributed by atoms with Gasteiger partial charge in [0, 0.05) is 44.0 Å². The number of hydrogen-bond acceptors (Lipinski definition) is 6. The molecule has 1 aromatic carbocycles. The molecule has 34 heavy (non-hydrogen) atoms. The standard InChI is InChI=1S/C25H38N4O4S/c1-19-6-5-9-23(20(19)2)26-24(30)16-27-11-13-28(14-12-27)17-25(31)29(21-7-3-4-8-21)22-10-15-34(32,33)18-22/h5-6,9,21-22H,3-4,7-8,10-18H2,1-2H3,(H,26,30). The molecule has 0 radical (unpaired) electrons. The van der Waals surface area contributed by atoms with Crippen LogP contribution in [0.15, 0.2) is 18.2 Å². The number of piperazine rings is 1. The Kier molecular flexibility index (Phi) is 7.94. The number of hydrogen-bond donors (Lipinski definition) is 1. The predicted molar refractivity (Wildman–Crippen MR) is 134 cm³/mol. The molecule has 0 bridgehead atoms. The highest BCUT2D eigenvalue weighted by molar-refractivity contribution is 7.91. The van der Waals surface area contributed by atoms with Crippen LogP contribution in [0.2, 0.25) is 0 Å². The van der Waals surface area contributed by atoms with Crippen molar-refractivity contribution in [3.8, 4) is 0 Å². The number of carbonyl (C=O) groups is 2. The molecule has 0 aromatic heterocycles. The second-order valence-corrected chi connectivity index (χ2v) is 12.4. The Labute approximate surface area is 203 Å². The molecule has 188 valence electrons. The molecule has 2 amide bonds. The molecule has 1 aromatic rings. The first-order chi connectivity index (χ1) is 16.2. The van der Waals surface area contributed by atoms with E-state index in [1.807, 2.05) is 36.9 Å². The molecule has 1 aliphatic carbocycles. The molecule has 9 heteroatoms. The minimum atomic E-state index is -3.04. The van der Waals surface area contributed by atoms with Gasteiger partial charge in [0.25, 0.3) is 0 Å². The van der Waals surface area contributed by atoms with Crippen molar-refractivity contribution in [2.75, 3.05) is 56.1 Å². The van der Waals surface area contributed by atoms with E-state index < -0.39 is 9.84 Å². The number of aryl methyl sites for hydroxylation is 1. The normalized spacial score (nSPS) is 23.8. The minimum absolute atomic E-state index is 0.0203. The van der Waals surface area contributed by atoms with Crippen molar-refractivity contribution in [1.29, 1.82) is 0 Å². The van der Waals surface area contributed by atoms with Gasteiger partial charge in [-0.25, -0.2) is 8.42 Å². The van der Waals surface area contributed by atoms with E-state index in [1.165, 1.54) is 0 Å². The van der Waals surface area contributed by atoms with E-state index in [4.69, 9.17) is 0 Å². The third kappa shape index (κ3) is 6.17. The second-order valence-electron chi connectivity index (χ2n) is 10.1. The highest BCUT2D eigenvalue weighted by atomic mass is 32.2. The number of carbonyl (C=O) groups excluding carboxylic acids is 2. The summed E-state index contributed by atoms with van der Waals surface area (Å²) in [7, 11) is -3.04. The van der Waals surface area contributed by atoms with E-state index in [1.54, 1.807) is 0 Å². The highest BCUT2D eigenvalue weighted by Gasteiger charge is 2.39. The van der Waals surface area contributed by atoms with Gasteiger partial charge in [0.1, 0.15) is 0 Å². The third-order valence-electron chi connectivity index (χ3n) is 7.68. The summed E-state index contributed by atoms with van der Waals surface area (Å²) in [4.78, 5) is 32.1. The van der Waals surface area contributed by atoms with Gasteiger partial charge < -0.3 is 10.2 Å². The average molecular weight is 491 g/mol. The van der Waals surface area contributed by atoms with Crippen LogP contribution in [0.4, 0.5) is 5.69 Å². The average Bonchev–Trinajstić information content (AvgIpc) is 3.43. The largest absolute Gasteiger partial charge is 0.335 e. The first-order valence-corrected chi connectivity index (χ1v) is 14.4. The van der Waals surface area contributed by atoms with E-state index in [-0.39, 0.29) is 35.4 Å². The van der Waals surface area contributed by atoms with Crippen molar-refractivity contribution in [1.82, 2.24) is 14.7 Å². The number of benzene rings is 1. The van der Waals surface area contributed by atoms with Gasteiger partial charge in [-0.3, -0.25) is 19.4 Å². The summed E-state index contributed by atoms with van der Waals surface area (Å²) < 4.78 is 24.1. The number of sulfone groups is 1. The molecule has 2 saturated heterocycles. The summed E-state index contributed by atoms with van der Waals surface area (Å²) in [6, 6.07) is 5.92. The molecule has 3 fully saturated rings. The van der Waals surface area contributed by atoms with Crippen LogP contribution >= 0.6 is 0 Å². The lowest BCUT2D eigenvalue weighted by Crippen LogP contribution is -2.54. The zero-order valence-electron chi connectivity index (χ0n) is 20.5. The summed E-state index contributed by atoms with van der Waals surface area (Å²) in [5, 5.41) is 3.02. The van der Waals surface area contributed by atoms with Gasteiger partial charge >= 0.3 is 0 Å². The topological polar surface area (TPSA) is 90.0 Å². The fourth-order valence-electron chi connectivity index (χ4n) is 5.54. The van der Waals surface area contributed by atoms with E-state index in [0.717, 1.165) is 68.7 Å². The first-order valence-electron chi connectivity index (χ1n) is 12.5. The predicted octanol–water partition coefficient (Wildman–Crippen LogP) is 1.82. The fraction of sp³-hybridized carbons (Fsp3) is 0.680. The first kappa shape index (κ1) is 25.1. The van der Waals surface area contributed by atoms with Crippen LogP contribution in [0.1, 0.15) is 43.2 Å². The van der Waals surface area contributed by atoms with Crippen LogP contribution in [0.25, 0.3) is 0 Å². The van der Waals surface area contributed by atoms with Crippen LogP contribution in [-0.4, -0.2) is 97.8 Å². The lowest BCUT2D eigenvalue weighted by Gasteiger charge is -2.38. The molecule has 3 aliphatic rings. The lowest BCUT2D eigenvalue weighted by atomic mass is 10.1. The molecule has 8 nitrogen and oxygen atoms in total. The number of amides is 2. The summed E-state index contributed by atoms with van der Waals surface area (Å²) in [5.41, 5.74) is 3.09. The van der Waals surface area contributed by atoms with Crippen molar-refractivity contribution in [2.24, 2.45) is 0 Å². The lowest BCUT2D eigenvalue weighted by molar-refractivity contribution is -0.137. The number of anilines is 1. The maximum Gasteiger partial charge on any atom is 0.238 e. The Bertz CT molecular complexity index is 998. The SMILES string of the molecule is Cc1cccc(NC(=O)CN2CCN(CC(=O)N(C3CCCC3)C3CCS(=O)(=O)C3)CC2)c1C. The third-order valence-corrected chi connectivity index (χ3v) is 9.43. The van der Waals surface area contributed by atoms with Crippen LogP contribution in [-0.2, 0) is 19.4 Å². The van der Waals surface area contributed by atoms with Crippen LogP contribution in [0.5, 0.6) is 0 Å². The summed E-state index contributed by atoms with van der Waals surface area (Å²) >= 11 is 0. The molecule has 0 spiro atoms. The fourth-order valence-corrected chi connectivity index (χ4v) is 7.25. The van der Waals surface area contributed by atoms with Crippen LogP contribution < -0.4 is 5.32 Å². The molecule has 1 atom stereocenters. The van der Waals surface area contributed by atoms with Gasteiger partial charge in [-0.15, -0.1) is 0 Å². The van der Waals surface area contributed by atoms with Gasteiger partial charge in [-0.2, -0.15) is 0 Å². The molecule has 1 N–H and O–H groups in total. The van der Waals surface area contributed by atoms with Gasteiger partial charge in [0.15, 0.2) is 9.84 Å². The van der Waals surface area contributed by atoms with Crippen molar-refractivity contribution in [2.45, 2.75) is 58.0 Å². The smallest absolute Gasteiger partial charge is 0.238 e. The Hall–Kier alpha value is -1.97. The number of nitrogens with zero attached hydrogens (tertiary/aromatic N) is 3. The van der Waals surface area contributed by atoms with Crippen LogP contribution in [0.3, 0.4) is 0 Å². The van der Waals surface area contributed by atoms with Crippen molar-refractivity contribution in [3.05, 3.63) is 29.3 Å². The van der Waals surface area contributed by atoms with Crippen molar-refractivity contribution >= 4 is 27.3 Å². The molecule has 2 aliphatic heterocycles. The van der Waals surface area contributed by atoms with Crippen molar-refractivity contribution < 1.29 is 18.0 Å². The quantitative estimate of drug-likeness (QED) is 0.627. The van der Waals surface area contributed by atoms with E-state index >= 15 is 0 Å². The zero-order valence-corrected chi connectivity index (χ0v) is 21.3. The maximum absolute atomic E-state index is 13.3. The van der Waals surface area contributed by atoms with E-state index in [0.29, 0.717) is 19.5 Å². The number of rotatable bonds is 7. The van der Waals surface area contributed by atoms with Crippen LogP contribution in [0, 0.1) is 13.8 Å². The minimum Gasteiger partial charge on any atom is -0.335 e. The van der Waals surface area contributed by atoms with E-state index in [2.05, 4.69) is 15.1 Å². The van der Waals surface area contributed by atoms with E-state index in [9.17, 15) is 18.0 Å². The molecule has 2 heterocycles. The summed E-state index contributed by atoms with van der Waals surface area (Å²) in [6.07, 6.45) is 4.73. The Balaban J connectivity index is 1.27. The van der Waals surface area contributed by atoms with Gasteiger partial charge in [0.05, 0.1) is 24.6 Å². The van der Waals surface area contributed by atoms with Gasteiger partial charge in [0.2, 0.25) is 11.8 Å². The van der Waals surface area contributed by atoms with Gasteiger partial charge in [-0.05, 0) is 50.3 Å². The Morgan fingerprint density at radius 1 is 0.971 bits per heavy atom. The second kappa shape index (κ2) is 10.7. The molecular formula is C25H38N4O4S. The summed E-state index contributed by atoms with van der Waals surface area (Å²) in [5.74, 6) is 0.346. The number of nitrogens with one attached hydrogen (secondary N) is 1. The monoisotopic (exact) mass is 490 g/mol. The highest BCUT2D eigenvalue weighted by Crippen LogP contribution is 2.29. The molecule has 1 unspecified atom stereocenters. The summed E-state index contributed by atoms with van der Waals surface area (Å²) in [6.45, 7) is 7.62. The molecular weight excluding hydrogens is 452 g/mol. The molecule has 4 rings (SSSR count). The maximum atomic E-state index is 13.3.